The number of amides is 1. The molecule has 5 nitrogen and oxygen atoms in total. The van der Waals surface area contributed by atoms with Crippen molar-refractivity contribution in [1.29, 1.82) is 0 Å². The molecule has 2 aromatic carbocycles. The Morgan fingerprint density at radius 3 is 2.36 bits per heavy atom. The summed E-state index contributed by atoms with van der Waals surface area (Å²) >= 11 is 0. The lowest BCUT2D eigenvalue weighted by atomic mass is 10.2. The zero-order valence-electron chi connectivity index (χ0n) is 12.1. The Balaban J connectivity index is 1.72. The first-order valence-electron chi connectivity index (χ1n) is 6.99. The molecule has 0 fully saturated rings. The monoisotopic (exact) mass is 293 g/mol. The summed E-state index contributed by atoms with van der Waals surface area (Å²) in [5, 5.41) is 6.79. The quantitative estimate of drug-likeness (QED) is 0.802. The van der Waals surface area contributed by atoms with Crippen molar-refractivity contribution in [3.05, 3.63) is 72.1 Å². The van der Waals surface area contributed by atoms with E-state index in [1.165, 1.54) is 0 Å². The number of carbonyl (C=O) groups excluding carboxylic acids is 1. The van der Waals surface area contributed by atoms with Gasteiger partial charge in [0.25, 0.3) is 5.91 Å². The van der Waals surface area contributed by atoms with Gasteiger partial charge in [0, 0.05) is 11.1 Å². The van der Waals surface area contributed by atoms with E-state index >= 15 is 0 Å². The standard InChI is InChI=1S/C17H15N3O2/c1-12(18-16(21)14-10-6-3-7-11-14)17-19-15(20-22-17)13-8-4-2-5-9-13/h2-12H,1H3,(H,18,21)/t12-/m1/s1. The largest absolute Gasteiger partial charge is 0.341 e. The molecule has 0 bridgehead atoms. The number of aromatic nitrogens is 2. The van der Waals surface area contributed by atoms with Crippen LogP contribution in [0.25, 0.3) is 11.4 Å². The van der Waals surface area contributed by atoms with Gasteiger partial charge < -0.3 is 9.84 Å². The third kappa shape index (κ3) is 3.03. The van der Waals surface area contributed by atoms with Crippen LogP contribution in [0.15, 0.2) is 65.2 Å². The Kier molecular flexibility index (Phi) is 3.96. The van der Waals surface area contributed by atoms with Gasteiger partial charge in [0.05, 0.1) is 0 Å². The van der Waals surface area contributed by atoms with E-state index in [0.29, 0.717) is 17.3 Å². The van der Waals surface area contributed by atoms with Gasteiger partial charge in [-0.15, -0.1) is 0 Å². The first-order valence-corrected chi connectivity index (χ1v) is 6.99. The summed E-state index contributed by atoms with van der Waals surface area (Å²) in [7, 11) is 0. The van der Waals surface area contributed by atoms with Gasteiger partial charge in [0.1, 0.15) is 6.04 Å². The van der Waals surface area contributed by atoms with Crippen LogP contribution in [0.1, 0.15) is 29.2 Å². The zero-order chi connectivity index (χ0) is 15.4. The molecule has 0 aliphatic carbocycles. The molecule has 0 spiro atoms. The Bertz CT molecular complexity index is 754. The maximum absolute atomic E-state index is 12.1. The van der Waals surface area contributed by atoms with Crippen LogP contribution in [-0.4, -0.2) is 16.0 Å². The van der Waals surface area contributed by atoms with E-state index in [9.17, 15) is 4.79 Å². The van der Waals surface area contributed by atoms with E-state index in [0.717, 1.165) is 5.56 Å². The molecule has 0 radical (unpaired) electrons. The smallest absolute Gasteiger partial charge is 0.251 e. The van der Waals surface area contributed by atoms with Crippen molar-refractivity contribution >= 4 is 5.91 Å². The summed E-state index contributed by atoms with van der Waals surface area (Å²) in [4.78, 5) is 16.4. The highest BCUT2D eigenvalue weighted by Crippen LogP contribution is 2.18. The molecule has 1 aromatic heterocycles. The first-order chi connectivity index (χ1) is 10.7. The molecule has 1 amide bonds. The van der Waals surface area contributed by atoms with Crippen LogP contribution >= 0.6 is 0 Å². The van der Waals surface area contributed by atoms with Crippen molar-refractivity contribution in [1.82, 2.24) is 15.5 Å². The molecular formula is C17H15N3O2. The molecule has 3 aromatic rings. The van der Waals surface area contributed by atoms with Crippen LogP contribution in [0, 0.1) is 0 Å². The van der Waals surface area contributed by atoms with Gasteiger partial charge in [-0.2, -0.15) is 4.98 Å². The summed E-state index contributed by atoms with van der Waals surface area (Å²) in [6.07, 6.45) is 0. The predicted octanol–water partition coefficient (Wildman–Crippen LogP) is 3.23. The van der Waals surface area contributed by atoms with Crippen molar-refractivity contribution in [3.8, 4) is 11.4 Å². The Morgan fingerprint density at radius 2 is 1.68 bits per heavy atom. The van der Waals surface area contributed by atoms with Crippen LogP contribution in [0.2, 0.25) is 0 Å². The molecule has 1 heterocycles. The lowest BCUT2D eigenvalue weighted by Crippen LogP contribution is -2.26. The van der Waals surface area contributed by atoms with Gasteiger partial charge >= 0.3 is 0 Å². The fraction of sp³-hybridized carbons (Fsp3) is 0.118. The van der Waals surface area contributed by atoms with Crippen molar-refractivity contribution in [2.24, 2.45) is 0 Å². The van der Waals surface area contributed by atoms with Gasteiger partial charge in [-0.3, -0.25) is 4.79 Å². The summed E-state index contributed by atoms with van der Waals surface area (Å²) in [5.74, 6) is 0.715. The third-order valence-electron chi connectivity index (χ3n) is 3.23. The molecule has 110 valence electrons. The molecule has 0 aliphatic rings. The molecule has 5 heteroatoms. The van der Waals surface area contributed by atoms with E-state index < -0.39 is 0 Å². The van der Waals surface area contributed by atoms with Gasteiger partial charge in [-0.25, -0.2) is 0 Å². The maximum atomic E-state index is 12.1. The second-order valence-corrected chi connectivity index (χ2v) is 4.88. The SMILES string of the molecule is C[C@@H](NC(=O)c1ccccc1)c1nc(-c2ccccc2)no1. The van der Waals surface area contributed by atoms with Gasteiger partial charge in [0.2, 0.25) is 11.7 Å². The van der Waals surface area contributed by atoms with E-state index in [2.05, 4.69) is 15.5 Å². The average Bonchev–Trinajstić information content (AvgIpc) is 3.06. The molecule has 1 N–H and O–H groups in total. The minimum absolute atomic E-state index is 0.174. The number of nitrogens with one attached hydrogen (secondary N) is 1. The van der Waals surface area contributed by atoms with Crippen LogP contribution in [0.5, 0.6) is 0 Å². The van der Waals surface area contributed by atoms with Crippen LogP contribution in [-0.2, 0) is 0 Å². The Labute approximate surface area is 128 Å². The normalized spacial score (nSPS) is 11.9. The number of benzene rings is 2. The number of hydrogen-bond donors (Lipinski definition) is 1. The molecule has 1 atom stereocenters. The van der Waals surface area contributed by atoms with E-state index in [1.807, 2.05) is 55.5 Å². The first kappa shape index (κ1) is 14.0. The fourth-order valence-corrected chi connectivity index (χ4v) is 2.05. The molecule has 3 rings (SSSR count). The van der Waals surface area contributed by atoms with E-state index in [1.54, 1.807) is 12.1 Å². The highest BCUT2D eigenvalue weighted by molar-refractivity contribution is 5.94. The lowest BCUT2D eigenvalue weighted by Gasteiger charge is -2.09. The average molecular weight is 293 g/mol. The molecule has 0 saturated carbocycles. The molecule has 0 unspecified atom stereocenters. The van der Waals surface area contributed by atoms with Crippen molar-refractivity contribution in [2.45, 2.75) is 13.0 Å². The molecule has 0 aliphatic heterocycles. The molecule has 22 heavy (non-hydrogen) atoms. The Hall–Kier alpha value is -2.95. The number of nitrogens with zero attached hydrogens (tertiary/aromatic N) is 2. The van der Waals surface area contributed by atoms with Crippen molar-refractivity contribution < 1.29 is 9.32 Å². The summed E-state index contributed by atoms with van der Waals surface area (Å²) in [5.41, 5.74) is 1.47. The minimum atomic E-state index is -0.363. The van der Waals surface area contributed by atoms with E-state index in [4.69, 9.17) is 4.52 Å². The summed E-state index contributed by atoms with van der Waals surface area (Å²) < 4.78 is 5.24. The summed E-state index contributed by atoms with van der Waals surface area (Å²) in [6, 6.07) is 18.2. The van der Waals surface area contributed by atoms with Crippen molar-refractivity contribution in [3.63, 3.8) is 0 Å². The van der Waals surface area contributed by atoms with Crippen LogP contribution < -0.4 is 5.32 Å². The van der Waals surface area contributed by atoms with Gasteiger partial charge in [-0.05, 0) is 19.1 Å². The maximum Gasteiger partial charge on any atom is 0.251 e. The lowest BCUT2D eigenvalue weighted by molar-refractivity contribution is 0.0932. The van der Waals surface area contributed by atoms with Crippen molar-refractivity contribution in [2.75, 3.05) is 0 Å². The third-order valence-corrected chi connectivity index (χ3v) is 3.23. The highest BCUT2D eigenvalue weighted by Gasteiger charge is 2.17. The van der Waals surface area contributed by atoms with E-state index in [-0.39, 0.29) is 11.9 Å². The van der Waals surface area contributed by atoms with Gasteiger partial charge in [-0.1, -0.05) is 53.7 Å². The van der Waals surface area contributed by atoms with Crippen LogP contribution in [0.4, 0.5) is 0 Å². The topological polar surface area (TPSA) is 68.0 Å². The second-order valence-electron chi connectivity index (χ2n) is 4.88. The highest BCUT2D eigenvalue weighted by atomic mass is 16.5. The zero-order valence-corrected chi connectivity index (χ0v) is 12.1. The number of rotatable bonds is 4. The number of carbonyl (C=O) groups is 1. The van der Waals surface area contributed by atoms with Gasteiger partial charge in [0.15, 0.2) is 0 Å². The van der Waals surface area contributed by atoms with Crippen LogP contribution in [0.3, 0.4) is 0 Å². The number of hydrogen-bond acceptors (Lipinski definition) is 4. The minimum Gasteiger partial charge on any atom is -0.341 e. The Morgan fingerprint density at radius 1 is 1.05 bits per heavy atom. The second kappa shape index (κ2) is 6.22. The predicted molar refractivity (Wildman–Crippen MR) is 82.1 cm³/mol. The molecule has 0 saturated heterocycles. The molecular weight excluding hydrogens is 278 g/mol. The fourth-order valence-electron chi connectivity index (χ4n) is 2.05. The summed E-state index contributed by atoms with van der Waals surface area (Å²) in [6.45, 7) is 1.81.